The highest BCUT2D eigenvalue weighted by Gasteiger charge is 1.90. The van der Waals surface area contributed by atoms with Crippen LogP contribution in [0.25, 0.3) is 0 Å². The Morgan fingerprint density at radius 3 is 2.83 bits per heavy atom. The summed E-state index contributed by atoms with van der Waals surface area (Å²) in [6, 6.07) is 0. The average molecular weight is 169 g/mol. The van der Waals surface area contributed by atoms with Gasteiger partial charge in [0.15, 0.2) is 0 Å². The molecule has 12 heavy (non-hydrogen) atoms. The zero-order valence-electron chi connectivity index (χ0n) is 7.68. The van der Waals surface area contributed by atoms with Crippen molar-refractivity contribution in [3.8, 4) is 0 Å². The predicted molar refractivity (Wildman–Crippen MR) is 52.9 cm³/mol. The maximum Gasteiger partial charge on any atom is 0.0385 e. The van der Waals surface area contributed by atoms with Crippen molar-refractivity contribution in [3.63, 3.8) is 0 Å². The standard InChI is InChI=1S/C9H19N3/c1-2-4-10-6-8-12-9-7-11-5-3-1/h6,11-12H,1-5,7-9H2. The van der Waals surface area contributed by atoms with Gasteiger partial charge in [-0.3, -0.25) is 4.99 Å². The molecule has 3 nitrogen and oxygen atoms in total. The summed E-state index contributed by atoms with van der Waals surface area (Å²) in [7, 11) is 0. The van der Waals surface area contributed by atoms with Gasteiger partial charge in [0, 0.05) is 32.4 Å². The minimum absolute atomic E-state index is 0.918. The molecule has 0 saturated heterocycles. The molecule has 3 heteroatoms. The van der Waals surface area contributed by atoms with Crippen LogP contribution in [0.5, 0.6) is 0 Å². The molecule has 2 N–H and O–H groups in total. The summed E-state index contributed by atoms with van der Waals surface area (Å²) in [4.78, 5) is 4.30. The SMILES string of the molecule is C1=NCCCCCNCCNC1. The summed E-state index contributed by atoms with van der Waals surface area (Å²) < 4.78 is 0. The van der Waals surface area contributed by atoms with Crippen LogP contribution < -0.4 is 10.6 Å². The van der Waals surface area contributed by atoms with Crippen LogP contribution in [0.3, 0.4) is 0 Å². The Bertz CT molecular complexity index is 109. The molecule has 0 bridgehead atoms. The molecular formula is C9H19N3. The highest BCUT2D eigenvalue weighted by atomic mass is 14.9. The van der Waals surface area contributed by atoms with Crippen molar-refractivity contribution < 1.29 is 0 Å². The second-order valence-electron chi connectivity index (χ2n) is 3.10. The molecule has 0 atom stereocenters. The quantitative estimate of drug-likeness (QED) is 0.551. The van der Waals surface area contributed by atoms with Crippen LogP contribution in [-0.4, -0.2) is 38.9 Å². The van der Waals surface area contributed by atoms with E-state index in [1.807, 2.05) is 6.21 Å². The van der Waals surface area contributed by atoms with E-state index in [0.717, 1.165) is 32.7 Å². The Kier molecular flexibility index (Phi) is 5.85. The second-order valence-corrected chi connectivity index (χ2v) is 3.10. The van der Waals surface area contributed by atoms with Crippen molar-refractivity contribution in [2.45, 2.75) is 19.3 Å². The molecule has 1 rings (SSSR count). The molecule has 0 aliphatic carbocycles. The zero-order chi connectivity index (χ0) is 8.49. The van der Waals surface area contributed by atoms with Crippen molar-refractivity contribution in [2.75, 3.05) is 32.7 Å². The Balaban J connectivity index is 2.10. The zero-order valence-corrected chi connectivity index (χ0v) is 7.68. The van der Waals surface area contributed by atoms with Crippen molar-refractivity contribution in [3.05, 3.63) is 0 Å². The van der Waals surface area contributed by atoms with Gasteiger partial charge in [-0.15, -0.1) is 0 Å². The molecule has 0 saturated carbocycles. The van der Waals surface area contributed by atoms with Gasteiger partial charge >= 0.3 is 0 Å². The molecule has 0 aromatic carbocycles. The van der Waals surface area contributed by atoms with Gasteiger partial charge in [0.05, 0.1) is 0 Å². The average Bonchev–Trinajstić information content (AvgIpc) is 2.05. The minimum atomic E-state index is 0.918. The molecule has 0 fully saturated rings. The number of hydrogen-bond acceptors (Lipinski definition) is 3. The lowest BCUT2D eigenvalue weighted by Gasteiger charge is -2.06. The smallest absolute Gasteiger partial charge is 0.0385 e. The molecule has 0 spiro atoms. The number of rotatable bonds is 0. The van der Waals surface area contributed by atoms with Crippen LogP contribution in [0.15, 0.2) is 4.99 Å². The summed E-state index contributed by atoms with van der Waals surface area (Å²) in [6.45, 7) is 5.20. The van der Waals surface area contributed by atoms with Gasteiger partial charge in [0.25, 0.3) is 0 Å². The predicted octanol–water partition coefficient (Wildman–Crippen LogP) is 0.420. The molecule has 1 heterocycles. The Labute approximate surface area is 74.6 Å². The maximum atomic E-state index is 4.30. The third-order valence-electron chi connectivity index (χ3n) is 1.98. The van der Waals surface area contributed by atoms with E-state index in [1.165, 1.54) is 19.3 Å². The van der Waals surface area contributed by atoms with Crippen molar-refractivity contribution in [1.82, 2.24) is 10.6 Å². The van der Waals surface area contributed by atoms with E-state index in [-0.39, 0.29) is 0 Å². The number of hydrogen-bond donors (Lipinski definition) is 2. The van der Waals surface area contributed by atoms with E-state index in [2.05, 4.69) is 15.6 Å². The van der Waals surface area contributed by atoms with Crippen molar-refractivity contribution >= 4 is 6.21 Å². The topological polar surface area (TPSA) is 36.4 Å². The Hall–Kier alpha value is -0.410. The van der Waals surface area contributed by atoms with E-state index >= 15 is 0 Å². The van der Waals surface area contributed by atoms with E-state index in [9.17, 15) is 0 Å². The third-order valence-corrected chi connectivity index (χ3v) is 1.98. The van der Waals surface area contributed by atoms with Crippen LogP contribution in [0.2, 0.25) is 0 Å². The second kappa shape index (κ2) is 7.25. The van der Waals surface area contributed by atoms with Crippen LogP contribution in [0.1, 0.15) is 19.3 Å². The summed E-state index contributed by atoms with van der Waals surface area (Å²) in [6.07, 6.45) is 5.81. The molecule has 0 aromatic heterocycles. The fourth-order valence-corrected chi connectivity index (χ4v) is 1.25. The van der Waals surface area contributed by atoms with Gasteiger partial charge < -0.3 is 10.6 Å². The first-order valence-corrected chi connectivity index (χ1v) is 4.90. The Morgan fingerprint density at radius 2 is 1.83 bits per heavy atom. The lowest BCUT2D eigenvalue weighted by Crippen LogP contribution is -2.29. The van der Waals surface area contributed by atoms with Gasteiger partial charge in [-0.25, -0.2) is 0 Å². The fraction of sp³-hybridized carbons (Fsp3) is 0.889. The van der Waals surface area contributed by atoms with Crippen LogP contribution in [0.4, 0.5) is 0 Å². The monoisotopic (exact) mass is 169 g/mol. The normalized spacial score (nSPS) is 22.7. The van der Waals surface area contributed by atoms with E-state index in [4.69, 9.17) is 0 Å². The van der Waals surface area contributed by atoms with Gasteiger partial charge in [0.1, 0.15) is 0 Å². The summed E-state index contributed by atoms with van der Waals surface area (Å²) in [5.41, 5.74) is 0. The first-order valence-electron chi connectivity index (χ1n) is 4.90. The van der Waals surface area contributed by atoms with E-state index in [1.54, 1.807) is 0 Å². The molecular weight excluding hydrogens is 150 g/mol. The highest BCUT2D eigenvalue weighted by molar-refractivity contribution is 5.59. The van der Waals surface area contributed by atoms with Gasteiger partial charge in [-0.05, 0) is 19.4 Å². The molecule has 1 aliphatic rings. The first-order chi connectivity index (χ1) is 6.00. The van der Waals surface area contributed by atoms with E-state index < -0.39 is 0 Å². The van der Waals surface area contributed by atoms with Gasteiger partial charge in [-0.2, -0.15) is 0 Å². The van der Waals surface area contributed by atoms with Crippen molar-refractivity contribution in [1.29, 1.82) is 0 Å². The van der Waals surface area contributed by atoms with Crippen LogP contribution in [0, 0.1) is 0 Å². The lowest BCUT2D eigenvalue weighted by atomic mass is 10.2. The first kappa shape index (κ1) is 9.68. The summed E-state index contributed by atoms with van der Waals surface area (Å²) in [5.74, 6) is 0. The van der Waals surface area contributed by atoms with Crippen molar-refractivity contribution in [2.24, 2.45) is 4.99 Å². The minimum Gasteiger partial charge on any atom is -0.315 e. The Morgan fingerprint density at radius 1 is 0.917 bits per heavy atom. The molecule has 70 valence electrons. The summed E-state index contributed by atoms with van der Waals surface area (Å²) >= 11 is 0. The fourth-order valence-electron chi connectivity index (χ4n) is 1.25. The van der Waals surface area contributed by atoms with Gasteiger partial charge in [0.2, 0.25) is 0 Å². The largest absolute Gasteiger partial charge is 0.315 e. The number of nitrogens with one attached hydrogen (secondary N) is 2. The molecule has 0 aromatic rings. The molecule has 0 unspecified atom stereocenters. The summed E-state index contributed by atoms with van der Waals surface area (Å²) in [5, 5.41) is 6.69. The molecule has 0 amide bonds. The maximum absolute atomic E-state index is 4.30. The number of nitrogens with zero attached hydrogens (tertiary/aromatic N) is 1. The van der Waals surface area contributed by atoms with E-state index in [0.29, 0.717) is 0 Å². The lowest BCUT2D eigenvalue weighted by molar-refractivity contribution is 0.587. The third kappa shape index (κ3) is 5.27. The van der Waals surface area contributed by atoms with Gasteiger partial charge in [-0.1, -0.05) is 6.42 Å². The molecule has 0 radical (unpaired) electrons. The van der Waals surface area contributed by atoms with Crippen LogP contribution in [-0.2, 0) is 0 Å². The number of aliphatic imine (C=N–C) groups is 1. The van der Waals surface area contributed by atoms with Crippen LogP contribution >= 0.6 is 0 Å². The highest BCUT2D eigenvalue weighted by Crippen LogP contribution is 1.93. The molecule has 1 aliphatic heterocycles.